The van der Waals surface area contributed by atoms with Crippen molar-refractivity contribution in [3.8, 4) is 5.69 Å². The van der Waals surface area contributed by atoms with Crippen LogP contribution in [0.1, 0.15) is 66.5 Å². The second-order valence-corrected chi connectivity index (χ2v) is 10.0. The molecule has 0 fully saturated rings. The molecule has 8 nitrogen and oxygen atoms in total. The van der Waals surface area contributed by atoms with Crippen molar-refractivity contribution in [3.63, 3.8) is 0 Å². The van der Waals surface area contributed by atoms with Gasteiger partial charge in [-0.1, -0.05) is 74.0 Å². The van der Waals surface area contributed by atoms with Gasteiger partial charge in [0.05, 0.1) is 11.0 Å². The highest BCUT2D eigenvalue weighted by Crippen LogP contribution is 2.28. The highest BCUT2D eigenvalue weighted by molar-refractivity contribution is 7.98. The van der Waals surface area contributed by atoms with Gasteiger partial charge in [-0.2, -0.15) is 0 Å². The molecule has 0 saturated carbocycles. The van der Waals surface area contributed by atoms with E-state index in [1.54, 1.807) is 12.1 Å². The maximum absolute atomic E-state index is 13.0. The van der Waals surface area contributed by atoms with Crippen LogP contribution >= 0.6 is 11.8 Å². The SMILES string of the molecule is CCCCCc1ccc(C(=O)NC(C)c2nnc(SCc3ccccc3)n2-c2ccc([N+](=O)[O-])cc2)cc1. The molecular weight excluding hydrogens is 498 g/mol. The van der Waals surface area contributed by atoms with Crippen molar-refractivity contribution in [1.82, 2.24) is 20.1 Å². The van der Waals surface area contributed by atoms with E-state index in [-0.39, 0.29) is 11.6 Å². The molecule has 3 aromatic carbocycles. The third-order valence-electron chi connectivity index (χ3n) is 6.21. The van der Waals surface area contributed by atoms with E-state index < -0.39 is 11.0 Å². The molecule has 1 N–H and O–H groups in total. The maximum Gasteiger partial charge on any atom is 0.269 e. The van der Waals surface area contributed by atoms with Crippen molar-refractivity contribution < 1.29 is 9.72 Å². The van der Waals surface area contributed by atoms with Crippen LogP contribution in [0.5, 0.6) is 0 Å². The summed E-state index contributed by atoms with van der Waals surface area (Å²) in [5.41, 5.74) is 3.62. The molecule has 4 aromatic rings. The Morgan fingerprint density at radius 3 is 2.34 bits per heavy atom. The van der Waals surface area contributed by atoms with Crippen LogP contribution in [0.4, 0.5) is 5.69 Å². The van der Waals surface area contributed by atoms with Crippen molar-refractivity contribution in [3.05, 3.63) is 111 Å². The van der Waals surface area contributed by atoms with Crippen LogP contribution in [-0.2, 0) is 12.2 Å². The first-order valence-electron chi connectivity index (χ1n) is 12.7. The number of aromatic nitrogens is 3. The molecule has 0 aliphatic rings. The Balaban J connectivity index is 1.55. The zero-order chi connectivity index (χ0) is 26.9. The Kier molecular flexibility index (Phi) is 9.26. The standard InChI is InChI=1S/C29H31N5O3S/c1-3-4-6-9-22-12-14-24(15-13-22)28(35)30-21(2)27-31-32-29(38-20-23-10-7-5-8-11-23)33(27)25-16-18-26(19-17-25)34(36)37/h5,7-8,10-19,21H,3-4,6,9,20H2,1-2H3,(H,30,35). The minimum atomic E-state index is -0.458. The molecule has 1 aromatic heterocycles. The summed E-state index contributed by atoms with van der Waals surface area (Å²) in [7, 11) is 0. The molecule has 1 unspecified atom stereocenters. The van der Waals surface area contributed by atoms with Crippen LogP contribution in [-0.4, -0.2) is 25.6 Å². The fourth-order valence-corrected chi connectivity index (χ4v) is 5.00. The summed E-state index contributed by atoms with van der Waals surface area (Å²) in [6.07, 6.45) is 4.52. The Bertz CT molecular complexity index is 1360. The number of carbonyl (C=O) groups is 1. The molecule has 1 atom stereocenters. The summed E-state index contributed by atoms with van der Waals surface area (Å²) in [5, 5.41) is 23.6. The minimum absolute atomic E-state index is 0.00125. The Morgan fingerprint density at radius 2 is 1.68 bits per heavy atom. The lowest BCUT2D eigenvalue weighted by molar-refractivity contribution is -0.384. The lowest BCUT2D eigenvalue weighted by Crippen LogP contribution is -2.28. The zero-order valence-corrected chi connectivity index (χ0v) is 22.4. The van der Waals surface area contributed by atoms with Crippen LogP contribution in [0, 0.1) is 10.1 Å². The molecule has 0 saturated heterocycles. The number of thioether (sulfide) groups is 1. The molecule has 38 heavy (non-hydrogen) atoms. The van der Waals surface area contributed by atoms with Crippen LogP contribution in [0.3, 0.4) is 0 Å². The van der Waals surface area contributed by atoms with Gasteiger partial charge >= 0.3 is 0 Å². The number of amides is 1. The van der Waals surface area contributed by atoms with Gasteiger partial charge in [-0.25, -0.2) is 0 Å². The quantitative estimate of drug-likeness (QED) is 0.0949. The lowest BCUT2D eigenvalue weighted by atomic mass is 10.0. The first-order valence-corrected chi connectivity index (χ1v) is 13.7. The van der Waals surface area contributed by atoms with Crippen LogP contribution in [0.25, 0.3) is 5.69 Å². The molecule has 0 radical (unpaired) electrons. The van der Waals surface area contributed by atoms with Gasteiger partial charge in [0.2, 0.25) is 0 Å². The number of benzene rings is 3. The van der Waals surface area contributed by atoms with Crippen LogP contribution < -0.4 is 5.32 Å². The lowest BCUT2D eigenvalue weighted by Gasteiger charge is -2.16. The maximum atomic E-state index is 13.0. The Hall–Kier alpha value is -3.98. The number of hydrogen-bond donors (Lipinski definition) is 1. The van der Waals surface area contributed by atoms with E-state index in [1.165, 1.54) is 42.3 Å². The average Bonchev–Trinajstić information content (AvgIpc) is 3.37. The number of unbranched alkanes of at least 4 members (excludes halogenated alkanes) is 2. The Morgan fingerprint density at radius 1 is 0.974 bits per heavy atom. The number of nitrogens with one attached hydrogen (secondary N) is 1. The fourth-order valence-electron chi connectivity index (χ4n) is 4.09. The molecule has 1 amide bonds. The number of carbonyl (C=O) groups excluding carboxylic acids is 1. The molecule has 0 aliphatic carbocycles. The number of rotatable bonds is 12. The molecule has 0 spiro atoms. The monoisotopic (exact) mass is 529 g/mol. The molecule has 0 aliphatic heterocycles. The van der Waals surface area contributed by atoms with E-state index in [1.807, 2.05) is 66.1 Å². The predicted octanol–water partition coefficient (Wildman–Crippen LogP) is 6.69. The van der Waals surface area contributed by atoms with Crippen LogP contribution in [0.2, 0.25) is 0 Å². The molecular formula is C29H31N5O3S. The van der Waals surface area contributed by atoms with Crippen molar-refractivity contribution in [2.24, 2.45) is 0 Å². The highest BCUT2D eigenvalue weighted by atomic mass is 32.2. The fraction of sp³-hybridized carbons (Fsp3) is 0.276. The van der Waals surface area contributed by atoms with Gasteiger partial charge in [-0.15, -0.1) is 10.2 Å². The summed E-state index contributed by atoms with van der Waals surface area (Å²) < 4.78 is 1.85. The van der Waals surface area contributed by atoms with Gasteiger partial charge in [-0.05, 0) is 55.2 Å². The third kappa shape index (κ3) is 6.86. The van der Waals surface area contributed by atoms with Gasteiger partial charge in [-0.3, -0.25) is 19.5 Å². The molecule has 9 heteroatoms. The Labute approximate surface area is 226 Å². The molecule has 1 heterocycles. The summed E-state index contributed by atoms with van der Waals surface area (Å²) in [5.74, 6) is 1.02. The van der Waals surface area contributed by atoms with E-state index in [9.17, 15) is 14.9 Å². The summed E-state index contributed by atoms with van der Waals surface area (Å²) in [6.45, 7) is 4.04. The van der Waals surface area contributed by atoms with Gasteiger partial charge < -0.3 is 5.32 Å². The summed E-state index contributed by atoms with van der Waals surface area (Å²) in [4.78, 5) is 23.8. The van der Waals surface area contributed by atoms with E-state index in [0.29, 0.717) is 28.0 Å². The molecule has 0 bridgehead atoms. The number of nitro groups is 1. The number of non-ortho nitro benzene ring substituents is 1. The predicted molar refractivity (Wildman–Crippen MR) is 150 cm³/mol. The first-order chi connectivity index (χ1) is 18.5. The molecule has 4 rings (SSSR count). The van der Waals surface area contributed by atoms with E-state index >= 15 is 0 Å². The summed E-state index contributed by atoms with van der Waals surface area (Å²) >= 11 is 1.51. The first kappa shape index (κ1) is 27.1. The highest BCUT2D eigenvalue weighted by Gasteiger charge is 2.22. The average molecular weight is 530 g/mol. The number of nitro benzene ring substituents is 1. The second kappa shape index (κ2) is 13.0. The van der Waals surface area contributed by atoms with Crippen molar-refractivity contribution in [2.45, 2.75) is 56.5 Å². The van der Waals surface area contributed by atoms with E-state index in [4.69, 9.17) is 0 Å². The number of nitrogens with zero attached hydrogens (tertiary/aromatic N) is 4. The van der Waals surface area contributed by atoms with E-state index in [2.05, 4.69) is 22.4 Å². The minimum Gasteiger partial charge on any atom is -0.342 e. The largest absolute Gasteiger partial charge is 0.342 e. The van der Waals surface area contributed by atoms with Gasteiger partial charge in [0, 0.05) is 29.1 Å². The van der Waals surface area contributed by atoms with Gasteiger partial charge in [0.25, 0.3) is 11.6 Å². The van der Waals surface area contributed by atoms with Gasteiger partial charge in [0.1, 0.15) is 0 Å². The topological polar surface area (TPSA) is 103 Å². The van der Waals surface area contributed by atoms with E-state index in [0.717, 1.165) is 18.4 Å². The molecule has 196 valence electrons. The van der Waals surface area contributed by atoms with Crippen molar-refractivity contribution >= 4 is 23.4 Å². The number of hydrogen-bond acceptors (Lipinski definition) is 6. The normalized spacial score (nSPS) is 11.7. The van der Waals surface area contributed by atoms with Crippen LogP contribution in [0.15, 0.2) is 84.0 Å². The van der Waals surface area contributed by atoms with Crippen molar-refractivity contribution in [2.75, 3.05) is 0 Å². The zero-order valence-electron chi connectivity index (χ0n) is 21.5. The summed E-state index contributed by atoms with van der Waals surface area (Å²) in [6, 6.07) is 23.5. The van der Waals surface area contributed by atoms with Crippen molar-refractivity contribution in [1.29, 1.82) is 0 Å². The number of aryl methyl sites for hydroxylation is 1. The third-order valence-corrected chi connectivity index (χ3v) is 7.21. The van der Waals surface area contributed by atoms with Gasteiger partial charge in [0.15, 0.2) is 11.0 Å². The smallest absolute Gasteiger partial charge is 0.269 e. The second-order valence-electron chi connectivity index (χ2n) is 9.07.